The first-order chi connectivity index (χ1) is 12.5. The topological polar surface area (TPSA) is 72.9 Å². The lowest BCUT2D eigenvalue weighted by Crippen LogP contribution is -2.39. The zero-order chi connectivity index (χ0) is 19.9. The third-order valence-electron chi connectivity index (χ3n) is 5.10. The first-order valence-corrected chi connectivity index (χ1v) is 10.4. The number of halogens is 3. The van der Waals surface area contributed by atoms with Crippen LogP contribution in [0.1, 0.15) is 32.1 Å². The van der Waals surface area contributed by atoms with Gasteiger partial charge in [0, 0.05) is 12.2 Å². The Balaban J connectivity index is 1.65. The van der Waals surface area contributed by atoms with Crippen molar-refractivity contribution >= 4 is 21.7 Å². The predicted molar refractivity (Wildman–Crippen MR) is 90.7 cm³/mol. The van der Waals surface area contributed by atoms with Gasteiger partial charge in [0.2, 0.25) is 5.91 Å². The van der Waals surface area contributed by atoms with Gasteiger partial charge >= 0.3 is 6.36 Å². The third-order valence-corrected chi connectivity index (χ3v) is 5.72. The largest absolute Gasteiger partial charge is 0.573 e. The number of alkyl halides is 3. The van der Waals surface area contributed by atoms with E-state index >= 15 is 0 Å². The van der Waals surface area contributed by atoms with Crippen LogP contribution in [-0.2, 0) is 19.1 Å². The Labute approximate surface area is 155 Å². The zero-order valence-electron chi connectivity index (χ0n) is 14.7. The second kappa shape index (κ2) is 6.97. The van der Waals surface area contributed by atoms with Gasteiger partial charge in [0.15, 0.2) is 0 Å². The first kappa shape index (κ1) is 19.9. The minimum absolute atomic E-state index is 0.0789. The molecule has 0 radical (unpaired) electrons. The summed E-state index contributed by atoms with van der Waals surface area (Å²) >= 11 is 0. The Hall–Kier alpha value is -1.81. The van der Waals surface area contributed by atoms with Gasteiger partial charge in [-0.3, -0.25) is 8.98 Å². The van der Waals surface area contributed by atoms with E-state index < -0.39 is 28.0 Å². The molecule has 3 rings (SSSR count). The van der Waals surface area contributed by atoms with E-state index in [-0.39, 0.29) is 11.7 Å². The third kappa shape index (κ3) is 4.73. The summed E-state index contributed by atoms with van der Waals surface area (Å²) in [6.07, 6.45) is -1.54. The van der Waals surface area contributed by atoms with Gasteiger partial charge in [0.1, 0.15) is 5.75 Å². The van der Waals surface area contributed by atoms with Crippen molar-refractivity contribution < 1.29 is 35.3 Å². The number of anilines is 1. The van der Waals surface area contributed by atoms with Crippen LogP contribution in [0, 0.1) is 5.41 Å². The molecule has 0 aromatic heterocycles. The fraction of sp³-hybridized carbons (Fsp3) is 0.588. The molecule has 6 nitrogen and oxygen atoms in total. The molecule has 1 aromatic carbocycles. The number of hydrogen-bond donors (Lipinski definition) is 0. The summed E-state index contributed by atoms with van der Waals surface area (Å²) in [5.41, 5.74) is -0.0423. The molecule has 2 aliphatic rings. The summed E-state index contributed by atoms with van der Waals surface area (Å²) in [6, 6.07) is 5.21. The Morgan fingerprint density at radius 1 is 1.11 bits per heavy atom. The molecule has 1 heterocycles. The molecular formula is C17H20F3NO5S. The lowest BCUT2D eigenvalue weighted by Gasteiger charge is -2.35. The number of carbonyl (C=O) groups excluding carboxylic acids is 1. The van der Waals surface area contributed by atoms with Crippen molar-refractivity contribution in [1.82, 2.24) is 0 Å². The number of amides is 1. The molecule has 0 atom stereocenters. The lowest BCUT2D eigenvalue weighted by molar-refractivity contribution is -0.274. The average Bonchev–Trinajstić information content (AvgIpc) is 2.85. The number of hydrogen-bond acceptors (Lipinski definition) is 5. The second-order valence-corrected chi connectivity index (χ2v) is 8.63. The molecule has 1 saturated carbocycles. The van der Waals surface area contributed by atoms with E-state index in [1.165, 1.54) is 24.3 Å². The van der Waals surface area contributed by atoms with Crippen molar-refractivity contribution in [2.75, 3.05) is 17.7 Å². The standard InChI is InChI=1S/C17H20F3NO5S/c1-27(23,24)26-14-6-8-16(9-7-14)10-11-21(15(16)22)12-2-4-13(5-3-12)25-17(18,19)20/h2-5,14H,6-11H2,1H3/t14-,16+. The fourth-order valence-electron chi connectivity index (χ4n) is 3.85. The molecule has 1 aliphatic carbocycles. The molecule has 1 saturated heterocycles. The molecule has 150 valence electrons. The highest BCUT2D eigenvalue weighted by Gasteiger charge is 2.49. The normalized spacial score (nSPS) is 26.6. The van der Waals surface area contributed by atoms with Gasteiger partial charge in [0.25, 0.3) is 10.1 Å². The molecule has 1 spiro atoms. The van der Waals surface area contributed by atoms with Gasteiger partial charge in [-0.2, -0.15) is 8.42 Å². The summed E-state index contributed by atoms with van der Waals surface area (Å²) in [7, 11) is -3.53. The Bertz CT molecular complexity index is 799. The summed E-state index contributed by atoms with van der Waals surface area (Å²) in [4.78, 5) is 14.5. The fourth-order valence-corrected chi connectivity index (χ4v) is 4.53. The van der Waals surface area contributed by atoms with E-state index in [9.17, 15) is 26.4 Å². The van der Waals surface area contributed by atoms with E-state index in [1.807, 2.05) is 0 Å². The maximum absolute atomic E-state index is 12.9. The van der Waals surface area contributed by atoms with Crippen LogP contribution in [-0.4, -0.2) is 39.6 Å². The van der Waals surface area contributed by atoms with Crippen molar-refractivity contribution in [1.29, 1.82) is 0 Å². The van der Waals surface area contributed by atoms with Crippen molar-refractivity contribution in [2.24, 2.45) is 5.41 Å². The van der Waals surface area contributed by atoms with Crippen molar-refractivity contribution in [3.05, 3.63) is 24.3 Å². The van der Waals surface area contributed by atoms with E-state index in [0.29, 0.717) is 44.3 Å². The zero-order valence-corrected chi connectivity index (χ0v) is 15.5. The van der Waals surface area contributed by atoms with Gasteiger partial charge in [-0.1, -0.05) is 0 Å². The van der Waals surface area contributed by atoms with Crippen LogP contribution in [0.3, 0.4) is 0 Å². The van der Waals surface area contributed by atoms with Crippen LogP contribution < -0.4 is 9.64 Å². The number of rotatable bonds is 4. The molecule has 1 amide bonds. The molecule has 1 aromatic rings. The molecule has 2 fully saturated rings. The highest BCUT2D eigenvalue weighted by atomic mass is 32.2. The van der Waals surface area contributed by atoms with Crippen LogP contribution in [0.2, 0.25) is 0 Å². The Morgan fingerprint density at radius 3 is 2.22 bits per heavy atom. The van der Waals surface area contributed by atoms with Gasteiger partial charge in [-0.25, -0.2) is 0 Å². The number of benzene rings is 1. The summed E-state index contributed by atoms with van der Waals surface area (Å²) in [5, 5.41) is 0. The first-order valence-electron chi connectivity index (χ1n) is 8.54. The Kier molecular flexibility index (Phi) is 5.15. The van der Waals surface area contributed by atoms with Crippen molar-refractivity contribution in [2.45, 2.75) is 44.6 Å². The number of carbonyl (C=O) groups is 1. The smallest absolute Gasteiger partial charge is 0.406 e. The van der Waals surface area contributed by atoms with Gasteiger partial charge < -0.3 is 9.64 Å². The molecule has 1 aliphatic heterocycles. The SMILES string of the molecule is CS(=O)(=O)O[C@H]1CC[C@]2(CCN(c3ccc(OC(F)(F)F)cc3)C2=O)CC1. The maximum atomic E-state index is 12.9. The molecule has 0 N–H and O–H groups in total. The van der Waals surface area contributed by atoms with E-state index in [0.717, 1.165) is 6.26 Å². The monoisotopic (exact) mass is 407 g/mol. The van der Waals surface area contributed by atoms with Crippen LogP contribution in [0.15, 0.2) is 24.3 Å². The highest BCUT2D eigenvalue weighted by molar-refractivity contribution is 7.86. The summed E-state index contributed by atoms with van der Waals surface area (Å²) in [5.74, 6) is -0.421. The lowest BCUT2D eigenvalue weighted by atomic mass is 9.72. The van der Waals surface area contributed by atoms with Crippen LogP contribution in [0.5, 0.6) is 5.75 Å². The maximum Gasteiger partial charge on any atom is 0.573 e. The quantitative estimate of drug-likeness (QED) is 0.717. The van der Waals surface area contributed by atoms with Crippen LogP contribution in [0.25, 0.3) is 0 Å². The van der Waals surface area contributed by atoms with Crippen molar-refractivity contribution in [3.63, 3.8) is 0 Å². The molecule has 10 heteroatoms. The van der Waals surface area contributed by atoms with Crippen LogP contribution >= 0.6 is 0 Å². The molecule has 27 heavy (non-hydrogen) atoms. The summed E-state index contributed by atoms with van der Waals surface area (Å²) < 4.78 is 68.1. The minimum atomic E-state index is -4.76. The summed E-state index contributed by atoms with van der Waals surface area (Å²) in [6.45, 7) is 0.468. The van der Waals surface area contributed by atoms with Crippen molar-refractivity contribution in [3.8, 4) is 5.75 Å². The van der Waals surface area contributed by atoms with E-state index in [4.69, 9.17) is 4.18 Å². The molecule has 0 bridgehead atoms. The molecule has 0 unspecified atom stereocenters. The molecular weight excluding hydrogens is 387 g/mol. The second-order valence-electron chi connectivity index (χ2n) is 7.03. The predicted octanol–water partition coefficient (Wildman–Crippen LogP) is 3.23. The number of nitrogens with zero attached hydrogens (tertiary/aromatic N) is 1. The van der Waals surface area contributed by atoms with E-state index in [2.05, 4.69) is 4.74 Å². The minimum Gasteiger partial charge on any atom is -0.406 e. The van der Waals surface area contributed by atoms with Gasteiger partial charge in [-0.05, 0) is 56.4 Å². The Morgan fingerprint density at radius 2 is 1.70 bits per heavy atom. The van der Waals surface area contributed by atoms with E-state index in [1.54, 1.807) is 4.90 Å². The van der Waals surface area contributed by atoms with Crippen LogP contribution in [0.4, 0.5) is 18.9 Å². The average molecular weight is 407 g/mol. The highest BCUT2D eigenvalue weighted by Crippen LogP contribution is 2.46. The number of ether oxygens (including phenoxy) is 1. The van der Waals surface area contributed by atoms with Gasteiger partial charge in [0.05, 0.1) is 17.8 Å². The van der Waals surface area contributed by atoms with Gasteiger partial charge in [-0.15, -0.1) is 13.2 Å².